The minimum atomic E-state index is 0.599. The summed E-state index contributed by atoms with van der Waals surface area (Å²) in [5.74, 6) is 1.33. The van der Waals surface area contributed by atoms with Gasteiger partial charge in [0.05, 0.1) is 33.1 Å². The van der Waals surface area contributed by atoms with Crippen LogP contribution in [-0.2, 0) is 0 Å². The van der Waals surface area contributed by atoms with E-state index in [0.717, 1.165) is 39.1 Å². The second kappa shape index (κ2) is 10.2. The Labute approximate surface area is 265 Å². The Morgan fingerprint density at radius 2 is 0.739 bits per heavy atom. The average Bonchev–Trinajstić information content (AvgIpc) is 3.75. The van der Waals surface area contributed by atoms with Gasteiger partial charge in [-0.05, 0) is 36.4 Å². The number of aromatic nitrogens is 3. The summed E-state index contributed by atoms with van der Waals surface area (Å²) in [4.78, 5) is 10.4. The highest BCUT2D eigenvalue weighted by Gasteiger charge is 2.24. The molecule has 9 rings (SSSR count). The fourth-order valence-electron chi connectivity index (χ4n) is 7.15. The summed E-state index contributed by atoms with van der Waals surface area (Å²) < 4.78 is 6.72. The largest absolute Gasteiger partial charge is 0.278 e. The van der Waals surface area contributed by atoms with Crippen LogP contribution in [0.4, 0.5) is 0 Å². The average molecular weight is 595 g/mol. The minimum absolute atomic E-state index is 0.599. The normalized spacial score (nSPS) is 12.8. The molecule has 0 unspecified atom stereocenters. The van der Waals surface area contributed by atoms with Crippen LogP contribution in [0.2, 0.25) is 0 Å². The second-order valence-corrected chi connectivity index (χ2v) is 11.5. The quantitative estimate of drug-likeness (QED) is 0.138. The van der Waals surface area contributed by atoms with Crippen LogP contribution in [0.5, 0.6) is 0 Å². The van der Waals surface area contributed by atoms with Crippen molar-refractivity contribution < 1.29 is 0 Å². The summed E-state index contributed by atoms with van der Waals surface area (Å²) in [5, 5.41) is 9.24. The van der Waals surface area contributed by atoms with E-state index in [0.29, 0.717) is 5.96 Å². The van der Waals surface area contributed by atoms with Crippen molar-refractivity contribution in [1.82, 2.24) is 13.8 Å². The summed E-state index contributed by atoms with van der Waals surface area (Å²) in [5.41, 5.74) is 6.49. The molecule has 0 spiro atoms. The van der Waals surface area contributed by atoms with Gasteiger partial charge in [-0.25, -0.2) is 0 Å². The first kappa shape index (κ1) is 26.3. The van der Waals surface area contributed by atoms with E-state index in [9.17, 15) is 0 Å². The highest BCUT2D eigenvalue weighted by atomic mass is 15.6. The predicted molar refractivity (Wildman–Crippen MR) is 194 cm³/mol. The standard InChI is InChI=1S/C40H30N6/c1-41-39(44-33-21-9-3-15-27(33)28-16-4-10-22-34(28)44)42-40(45-35-23-11-5-17-29(35)30-18-6-12-24-36(30)45)43(2)46-37-25-13-7-19-31(37)32-20-8-14-26-38(32)46/h3-26H,1-2H3. The van der Waals surface area contributed by atoms with Gasteiger partial charge in [-0.1, -0.05) is 109 Å². The number of para-hydroxylation sites is 6. The molecule has 0 aliphatic heterocycles. The van der Waals surface area contributed by atoms with Gasteiger partial charge in [0.25, 0.3) is 0 Å². The molecule has 0 amide bonds. The van der Waals surface area contributed by atoms with E-state index in [2.05, 4.69) is 171 Å². The summed E-state index contributed by atoms with van der Waals surface area (Å²) in [6, 6.07) is 51.2. The van der Waals surface area contributed by atoms with E-state index in [1.807, 2.05) is 7.05 Å². The van der Waals surface area contributed by atoms with Gasteiger partial charge in [0, 0.05) is 46.4 Å². The van der Waals surface area contributed by atoms with Crippen LogP contribution in [-0.4, -0.2) is 39.8 Å². The van der Waals surface area contributed by atoms with Crippen molar-refractivity contribution in [3.8, 4) is 0 Å². The molecule has 3 aromatic heterocycles. The lowest BCUT2D eigenvalue weighted by molar-refractivity contribution is 0.840. The van der Waals surface area contributed by atoms with E-state index in [1.165, 1.54) is 32.3 Å². The van der Waals surface area contributed by atoms with Crippen molar-refractivity contribution in [3.05, 3.63) is 146 Å². The zero-order valence-corrected chi connectivity index (χ0v) is 25.5. The monoisotopic (exact) mass is 594 g/mol. The Morgan fingerprint density at radius 3 is 1.11 bits per heavy atom. The number of benzene rings is 6. The van der Waals surface area contributed by atoms with Gasteiger partial charge in [-0.3, -0.25) is 23.8 Å². The highest BCUT2D eigenvalue weighted by molar-refractivity contribution is 6.20. The van der Waals surface area contributed by atoms with E-state index < -0.39 is 0 Å². The number of rotatable bonds is 1. The summed E-state index contributed by atoms with van der Waals surface area (Å²) in [6.45, 7) is 0. The van der Waals surface area contributed by atoms with Crippen molar-refractivity contribution in [2.75, 3.05) is 19.1 Å². The van der Waals surface area contributed by atoms with E-state index in [-0.39, 0.29) is 0 Å². The first-order valence-electron chi connectivity index (χ1n) is 15.5. The molecule has 0 fully saturated rings. The molecule has 0 atom stereocenters. The zero-order chi connectivity index (χ0) is 30.8. The Hall–Kier alpha value is -6.14. The Kier molecular flexibility index (Phi) is 5.83. The predicted octanol–water partition coefficient (Wildman–Crippen LogP) is 9.02. The summed E-state index contributed by atoms with van der Waals surface area (Å²) >= 11 is 0. The van der Waals surface area contributed by atoms with Gasteiger partial charge in [0.15, 0.2) is 0 Å². The third-order valence-corrected chi connectivity index (χ3v) is 9.10. The van der Waals surface area contributed by atoms with Crippen LogP contribution in [0, 0.1) is 0 Å². The van der Waals surface area contributed by atoms with Gasteiger partial charge in [0.1, 0.15) is 0 Å². The molecule has 0 aliphatic rings. The molecule has 6 aromatic carbocycles. The van der Waals surface area contributed by atoms with Crippen LogP contribution in [0.1, 0.15) is 0 Å². The number of hydrogen-bond donors (Lipinski definition) is 0. The lowest BCUT2D eigenvalue weighted by Gasteiger charge is -2.26. The third kappa shape index (κ3) is 3.70. The maximum absolute atomic E-state index is 5.55. The van der Waals surface area contributed by atoms with Crippen molar-refractivity contribution >= 4 is 77.3 Å². The molecule has 46 heavy (non-hydrogen) atoms. The first-order valence-corrected chi connectivity index (χ1v) is 15.5. The molecule has 0 bridgehead atoms. The Morgan fingerprint density at radius 1 is 0.435 bits per heavy atom. The highest BCUT2D eigenvalue weighted by Crippen LogP contribution is 2.33. The topological polar surface area (TPSA) is 42.8 Å². The second-order valence-electron chi connectivity index (χ2n) is 11.5. The van der Waals surface area contributed by atoms with E-state index in [4.69, 9.17) is 9.98 Å². The maximum atomic E-state index is 5.55. The number of hydrogen-bond acceptors (Lipinski definition) is 1. The third-order valence-electron chi connectivity index (χ3n) is 9.10. The molecule has 0 N–H and O–H groups in total. The summed E-state index contributed by atoms with van der Waals surface area (Å²) in [7, 11) is 3.92. The van der Waals surface area contributed by atoms with Crippen LogP contribution in [0.15, 0.2) is 156 Å². The molecule has 220 valence electrons. The lowest BCUT2D eigenvalue weighted by atomic mass is 10.2. The van der Waals surface area contributed by atoms with Crippen LogP contribution >= 0.6 is 0 Å². The smallest absolute Gasteiger partial charge is 0.233 e. The molecule has 0 aliphatic carbocycles. The molecule has 0 saturated heterocycles. The van der Waals surface area contributed by atoms with Crippen LogP contribution in [0.3, 0.4) is 0 Å². The first-order chi connectivity index (χ1) is 22.7. The van der Waals surface area contributed by atoms with Gasteiger partial charge >= 0.3 is 0 Å². The van der Waals surface area contributed by atoms with Gasteiger partial charge in [-0.2, -0.15) is 4.99 Å². The molecular formula is C40H30N6. The number of aliphatic imine (C=N–C) groups is 2. The molecule has 3 heterocycles. The summed E-state index contributed by atoms with van der Waals surface area (Å²) in [6.07, 6.45) is 0. The molecule has 0 radical (unpaired) electrons. The minimum Gasteiger partial charge on any atom is -0.278 e. The van der Waals surface area contributed by atoms with Gasteiger partial charge in [-0.15, -0.1) is 0 Å². The van der Waals surface area contributed by atoms with Crippen LogP contribution in [0.25, 0.3) is 65.4 Å². The Balaban J connectivity index is 1.40. The molecule has 6 heteroatoms. The molecule has 0 saturated carbocycles. The zero-order valence-electron chi connectivity index (χ0n) is 25.5. The molecule has 9 aromatic rings. The van der Waals surface area contributed by atoms with E-state index in [1.54, 1.807) is 0 Å². The van der Waals surface area contributed by atoms with Gasteiger partial charge in [0.2, 0.25) is 11.9 Å². The molecule has 6 nitrogen and oxygen atoms in total. The fraction of sp³-hybridized carbons (Fsp3) is 0.0500. The number of nitrogens with zero attached hydrogens (tertiary/aromatic N) is 6. The lowest BCUT2D eigenvalue weighted by Crippen LogP contribution is -2.41. The van der Waals surface area contributed by atoms with Crippen molar-refractivity contribution in [1.29, 1.82) is 0 Å². The van der Waals surface area contributed by atoms with Crippen molar-refractivity contribution in [2.24, 2.45) is 9.98 Å². The van der Waals surface area contributed by atoms with Gasteiger partial charge < -0.3 is 0 Å². The number of fused-ring (bicyclic) bond motifs is 9. The molecular weight excluding hydrogens is 564 g/mol. The van der Waals surface area contributed by atoms with Crippen LogP contribution < -0.4 is 5.01 Å². The van der Waals surface area contributed by atoms with E-state index >= 15 is 0 Å². The van der Waals surface area contributed by atoms with Crippen molar-refractivity contribution in [2.45, 2.75) is 0 Å². The maximum Gasteiger partial charge on any atom is 0.233 e. The Bertz CT molecular complexity index is 2520. The van der Waals surface area contributed by atoms with Crippen molar-refractivity contribution in [3.63, 3.8) is 0 Å². The SMILES string of the molecule is CN=C(N=C(N(C)n1c2ccccc2c2ccccc21)n1c2ccccc2c2ccccc21)n1c2ccccc2c2ccccc21. The fourth-order valence-corrected chi connectivity index (χ4v) is 7.15.